The van der Waals surface area contributed by atoms with Gasteiger partial charge in [0, 0.05) is 20.6 Å². The Labute approximate surface area is 122 Å². The second kappa shape index (κ2) is 4.82. The smallest absolute Gasteiger partial charge is 0.194 e. The van der Waals surface area contributed by atoms with E-state index in [1.165, 1.54) is 30.4 Å². The summed E-state index contributed by atoms with van der Waals surface area (Å²) in [6, 6.07) is 0. The van der Waals surface area contributed by atoms with Crippen LogP contribution in [-0.2, 0) is 14.2 Å². The average molecular weight is 280 g/mol. The summed E-state index contributed by atoms with van der Waals surface area (Å²) in [6.45, 7) is 7.04. The normalized spacial score (nSPS) is 48.1. The summed E-state index contributed by atoms with van der Waals surface area (Å²) in [5, 5.41) is 0. The van der Waals surface area contributed by atoms with Gasteiger partial charge in [-0.05, 0) is 48.2 Å². The zero-order valence-corrected chi connectivity index (χ0v) is 13.5. The lowest BCUT2D eigenvalue weighted by molar-refractivity contribution is -0.270. The monoisotopic (exact) mass is 280 g/mol. The molecule has 114 valence electrons. The van der Waals surface area contributed by atoms with E-state index in [-0.39, 0.29) is 6.29 Å². The maximum Gasteiger partial charge on any atom is 0.194 e. The van der Waals surface area contributed by atoms with E-state index in [1.54, 1.807) is 14.2 Å². The largest absolute Gasteiger partial charge is 0.352 e. The summed E-state index contributed by atoms with van der Waals surface area (Å²) in [7, 11) is 3.49. The first-order chi connectivity index (χ1) is 9.47. The number of methoxy groups -OCH3 is 2. The molecular weight excluding hydrogens is 252 g/mol. The van der Waals surface area contributed by atoms with E-state index >= 15 is 0 Å². The molecule has 20 heavy (non-hydrogen) atoms. The Morgan fingerprint density at radius 3 is 2.65 bits per heavy atom. The fourth-order valence-electron chi connectivity index (χ4n) is 4.79. The molecule has 3 nitrogen and oxygen atoms in total. The van der Waals surface area contributed by atoms with Crippen molar-refractivity contribution < 1.29 is 14.2 Å². The van der Waals surface area contributed by atoms with Crippen LogP contribution in [0, 0.1) is 17.3 Å². The van der Waals surface area contributed by atoms with Crippen LogP contribution in [0.4, 0.5) is 0 Å². The van der Waals surface area contributed by atoms with Gasteiger partial charge in [0.15, 0.2) is 12.1 Å². The predicted octanol–water partition coefficient (Wildman–Crippen LogP) is 3.88. The molecule has 2 saturated carbocycles. The molecule has 0 spiro atoms. The van der Waals surface area contributed by atoms with Gasteiger partial charge in [-0.15, -0.1) is 0 Å². The minimum atomic E-state index is -0.522. The quantitative estimate of drug-likeness (QED) is 0.718. The van der Waals surface area contributed by atoms with E-state index < -0.39 is 5.79 Å². The van der Waals surface area contributed by atoms with Gasteiger partial charge in [-0.1, -0.05) is 26.7 Å². The second-order valence-electron chi connectivity index (χ2n) is 7.22. The average Bonchev–Trinajstić information content (AvgIpc) is 2.71. The van der Waals surface area contributed by atoms with Crippen LogP contribution < -0.4 is 0 Å². The fourth-order valence-corrected chi connectivity index (χ4v) is 4.79. The highest BCUT2D eigenvalue weighted by Gasteiger charge is 2.57. The second-order valence-corrected chi connectivity index (χ2v) is 7.22. The number of hydrogen-bond acceptors (Lipinski definition) is 3. The number of hydrogen-bond donors (Lipinski definition) is 0. The van der Waals surface area contributed by atoms with E-state index in [0.29, 0.717) is 11.3 Å². The molecule has 1 aliphatic heterocycles. The van der Waals surface area contributed by atoms with Crippen molar-refractivity contribution in [2.75, 3.05) is 14.2 Å². The van der Waals surface area contributed by atoms with Gasteiger partial charge >= 0.3 is 0 Å². The lowest BCUT2D eigenvalue weighted by Gasteiger charge is -2.54. The predicted molar refractivity (Wildman–Crippen MR) is 78.2 cm³/mol. The van der Waals surface area contributed by atoms with Gasteiger partial charge in [0.2, 0.25) is 0 Å². The standard InChI is InChI=1S/C17H28O3/c1-11-7-6-8-13-9-17(19-5)14(10-16(11,13)3)12(2)15(18-4)20-17/h11,13,15H,6-10H2,1-5H3. The number of fused-ring (bicyclic) bond motifs is 2. The molecule has 0 amide bonds. The summed E-state index contributed by atoms with van der Waals surface area (Å²) < 4.78 is 17.5. The Hall–Kier alpha value is -0.380. The SMILES string of the molecule is COC1OC2(OC)CC3CCCC(C)C3(C)CC2=C1C. The van der Waals surface area contributed by atoms with Crippen molar-refractivity contribution in [1.29, 1.82) is 0 Å². The molecular formula is C17H28O3. The number of ether oxygens (including phenoxy) is 3. The minimum Gasteiger partial charge on any atom is -0.352 e. The highest BCUT2D eigenvalue weighted by Crippen LogP contribution is 2.60. The zero-order chi connectivity index (χ0) is 14.5. The van der Waals surface area contributed by atoms with Crippen molar-refractivity contribution >= 4 is 0 Å². The van der Waals surface area contributed by atoms with Crippen molar-refractivity contribution in [3.05, 3.63) is 11.1 Å². The molecule has 1 heterocycles. The van der Waals surface area contributed by atoms with E-state index in [1.807, 2.05) is 0 Å². The van der Waals surface area contributed by atoms with E-state index in [4.69, 9.17) is 14.2 Å². The molecule has 3 rings (SSSR count). The Kier molecular flexibility index (Phi) is 3.51. The van der Waals surface area contributed by atoms with Crippen LogP contribution >= 0.6 is 0 Å². The molecule has 0 aromatic heterocycles. The maximum atomic E-state index is 6.17. The molecule has 0 bridgehead atoms. The zero-order valence-electron chi connectivity index (χ0n) is 13.5. The molecule has 3 heteroatoms. The van der Waals surface area contributed by atoms with Gasteiger partial charge < -0.3 is 14.2 Å². The lowest BCUT2D eigenvalue weighted by Crippen LogP contribution is -2.51. The van der Waals surface area contributed by atoms with E-state index in [0.717, 1.165) is 18.8 Å². The van der Waals surface area contributed by atoms with Gasteiger partial charge in [0.25, 0.3) is 0 Å². The third-order valence-corrected chi connectivity index (χ3v) is 6.45. The topological polar surface area (TPSA) is 27.7 Å². The van der Waals surface area contributed by atoms with E-state index in [2.05, 4.69) is 20.8 Å². The summed E-state index contributed by atoms with van der Waals surface area (Å²) in [5.41, 5.74) is 2.97. The molecule has 2 aliphatic carbocycles. The van der Waals surface area contributed by atoms with Crippen molar-refractivity contribution in [2.24, 2.45) is 17.3 Å². The molecule has 5 unspecified atom stereocenters. The van der Waals surface area contributed by atoms with Gasteiger partial charge in [-0.25, -0.2) is 0 Å². The molecule has 0 radical (unpaired) electrons. The molecule has 0 aromatic carbocycles. The van der Waals surface area contributed by atoms with Crippen LogP contribution in [0.1, 0.15) is 52.9 Å². The first-order valence-electron chi connectivity index (χ1n) is 7.92. The summed E-state index contributed by atoms with van der Waals surface area (Å²) in [4.78, 5) is 0. The van der Waals surface area contributed by atoms with Gasteiger partial charge in [0.1, 0.15) is 0 Å². The maximum absolute atomic E-state index is 6.17. The molecule has 0 N–H and O–H groups in total. The first kappa shape index (κ1) is 14.6. The van der Waals surface area contributed by atoms with Crippen LogP contribution in [0.2, 0.25) is 0 Å². The fraction of sp³-hybridized carbons (Fsp3) is 0.882. The van der Waals surface area contributed by atoms with Crippen molar-refractivity contribution in [1.82, 2.24) is 0 Å². The third kappa shape index (κ3) is 1.83. The molecule has 2 fully saturated rings. The van der Waals surface area contributed by atoms with Crippen LogP contribution in [0.25, 0.3) is 0 Å². The summed E-state index contributed by atoms with van der Waals surface area (Å²) >= 11 is 0. The van der Waals surface area contributed by atoms with E-state index in [9.17, 15) is 0 Å². The van der Waals surface area contributed by atoms with Crippen LogP contribution in [-0.4, -0.2) is 26.3 Å². The third-order valence-electron chi connectivity index (χ3n) is 6.45. The first-order valence-corrected chi connectivity index (χ1v) is 7.92. The Bertz CT molecular complexity index is 430. The van der Waals surface area contributed by atoms with Crippen LogP contribution in [0.15, 0.2) is 11.1 Å². The highest BCUT2D eigenvalue weighted by atomic mass is 16.8. The van der Waals surface area contributed by atoms with Gasteiger partial charge in [-0.3, -0.25) is 0 Å². The molecule has 5 atom stereocenters. The van der Waals surface area contributed by atoms with Crippen molar-refractivity contribution in [2.45, 2.75) is 65.0 Å². The van der Waals surface area contributed by atoms with Crippen LogP contribution in [0.3, 0.4) is 0 Å². The summed E-state index contributed by atoms with van der Waals surface area (Å²) in [5.74, 6) is 0.947. The minimum absolute atomic E-state index is 0.232. The Morgan fingerprint density at radius 1 is 1.25 bits per heavy atom. The number of rotatable bonds is 2. The van der Waals surface area contributed by atoms with Crippen molar-refractivity contribution in [3.63, 3.8) is 0 Å². The Balaban J connectivity index is 2.00. The Morgan fingerprint density at radius 2 is 2.00 bits per heavy atom. The molecule has 0 aromatic rings. The molecule has 3 aliphatic rings. The molecule has 0 saturated heterocycles. The van der Waals surface area contributed by atoms with Crippen molar-refractivity contribution in [3.8, 4) is 0 Å². The lowest BCUT2D eigenvalue weighted by atomic mass is 9.53. The summed E-state index contributed by atoms with van der Waals surface area (Å²) in [6.07, 6.45) is 5.85. The van der Waals surface area contributed by atoms with Crippen LogP contribution in [0.5, 0.6) is 0 Å². The van der Waals surface area contributed by atoms with Gasteiger partial charge in [0.05, 0.1) is 0 Å². The van der Waals surface area contributed by atoms with Gasteiger partial charge in [-0.2, -0.15) is 0 Å². The highest BCUT2D eigenvalue weighted by molar-refractivity contribution is 5.32.